The first-order valence-electron chi connectivity index (χ1n) is 7.66. The number of alkyl halides is 1. The molecule has 0 saturated heterocycles. The Bertz CT molecular complexity index is 617. The van der Waals surface area contributed by atoms with Gasteiger partial charge in [-0.05, 0) is 36.8 Å². The molecule has 1 fully saturated rings. The van der Waals surface area contributed by atoms with E-state index in [-0.39, 0.29) is 0 Å². The van der Waals surface area contributed by atoms with Crippen molar-refractivity contribution in [1.29, 1.82) is 0 Å². The number of para-hydroxylation sites is 1. The van der Waals surface area contributed by atoms with Crippen molar-refractivity contribution < 1.29 is 0 Å². The summed E-state index contributed by atoms with van der Waals surface area (Å²) in [5.74, 6) is 2.98. The highest BCUT2D eigenvalue weighted by molar-refractivity contribution is 6.16. The van der Waals surface area contributed by atoms with Gasteiger partial charge in [0.25, 0.3) is 0 Å². The topological polar surface area (TPSA) is 17.8 Å². The molecular weight excluding hydrogens is 268 g/mol. The Labute approximate surface area is 126 Å². The number of rotatable bonds is 2. The van der Waals surface area contributed by atoms with Crippen molar-refractivity contribution in [2.75, 3.05) is 0 Å². The van der Waals surface area contributed by atoms with Gasteiger partial charge in [0.05, 0.1) is 16.9 Å². The average molecular weight is 291 g/mol. The number of aryl methyl sites for hydroxylation is 1. The number of nitrogens with zero attached hydrogens (tertiary/aromatic N) is 2. The average Bonchev–Trinajstić information content (AvgIpc) is 2.82. The van der Waals surface area contributed by atoms with E-state index in [1.165, 1.54) is 30.3 Å². The van der Waals surface area contributed by atoms with Crippen molar-refractivity contribution in [2.45, 2.75) is 52.0 Å². The van der Waals surface area contributed by atoms with Crippen molar-refractivity contribution in [3.8, 4) is 0 Å². The third kappa shape index (κ3) is 2.14. The lowest BCUT2D eigenvalue weighted by molar-refractivity contribution is 0.187. The van der Waals surface area contributed by atoms with E-state index in [0.717, 1.165) is 17.3 Å². The molecule has 1 saturated carbocycles. The fourth-order valence-corrected chi connectivity index (χ4v) is 3.93. The zero-order valence-corrected chi connectivity index (χ0v) is 13.3. The summed E-state index contributed by atoms with van der Waals surface area (Å²) < 4.78 is 2.44. The molecule has 3 rings (SSSR count). The molecule has 3 heteroatoms. The third-order valence-corrected chi connectivity index (χ3v) is 5.34. The number of hydrogen-bond acceptors (Lipinski definition) is 1. The molecule has 20 heavy (non-hydrogen) atoms. The van der Waals surface area contributed by atoms with Gasteiger partial charge in [0.15, 0.2) is 0 Å². The van der Waals surface area contributed by atoms with E-state index in [2.05, 4.69) is 43.5 Å². The van der Waals surface area contributed by atoms with E-state index < -0.39 is 0 Å². The smallest absolute Gasteiger partial charge is 0.125 e. The Morgan fingerprint density at radius 1 is 1.30 bits per heavy atom. The summed E-state index contributed by atoms with van der Waals surface area (Å²) >= 11 is 6.18. The molecule has 0 radical (unpaired) electrons. The Balaban J connectivity index is 2.18. The third-order valence-electron chi connectivity index (χ3n) is 5.10. The molecule has 0 spiro atoms. The molecule has 2 aromatic rings. The molecule has 108 valence electrons. The summed E-state index contributed by atoms with van der Waals surface area (Å²) in [6, 6.07) is 6.90. The maximum atomic E-state index is 6.18. The van der Waals surface area contributed by atoms with Crippen LogP contribution in [0.3, 0.4) is 0 Å². The first kappa shape index (κ1) is 13.9. The van der Waals surface area contributed by atoms with Crippen LogP contribution in [0.2, 0.25) is 0 Å². The van der Waals surface area contributed by atoms with Crippen LogP contribution in [-0.2, 0) is 5.88 Å². The molecule has 0 amide bonds. The van der Waals surface area contributed by atoms with Crippen molar-refractivity contribution in [3.05, 3.63) is 29.6 Å². The molecule has 1 heterocycles. The van der Waals surface area contributed by atoms with Crippen LogP contribution in [-0.4, -0.2) is 9.55 Å². The molecule has 0 aliphatic heterocycles. The molecule has 1 aliphatic rings. The largest absolute Gasteiger partial charge is 0.323 e. The Kier molecular flexibility index (Phi) is 3.76. The summed E-state index contributed by atoms with van der Waals surface area (Å²) in [6.07, 6.45) is 3.90. The van der Waals surface area contributed by atoms with Crippen LogP contribution in [0.25, 0.3) is 11.0 Å². The standard InChI is InChI=1S/C17H23ClN2/c1-11-6-5-9-15(13(11)3)20-16(10-18)19-14-8-4-7-12(2)17(14)20/h4,7-8,11,13,15H,5-6,9-10H2,1-3H3. The van der Waals surface area contributed by atoms with Crippen molar-refractivity contribution in [3.63, 3.8) is 0 Å². The van der Waals surface area contributed by atoms with Crippen LogP contribution in [0.4, 0.5) is 0 Å². The van der Waals surface area contributed by atoms with Gasteiger partial charge in [0, 0.05) is 6.04 Å². The number of hydrogen-bond donors (Lipinski definition) is 0. The van der Waals surface area contributed by atoms with Gasteiger partial charge in [-0.3, -0.25) is 0 Å². The van der Waals surface area contributed by atoms with Gasteiger partial charge in [-0.25, -0.2) is 4.98 Å². The van der Waals surface area contributed by atoms with Gasteiger partial charge in [0.1, 0.15) is 5.82 Å². The summed E-state index contributed by atoms with van der Waals surface area (Å²) in [7, 11) is 0. The van der Waals surface area contributed by atoms with Crippen molar-refractivity contribution in [1.82, 2.24) is 9.55 Å². The van der Waals surface area contributed by atoms with Gasteiger partial charge < -0.3 is 4.57 Å². The SMILES string of the molecule is Cc1cccc2nc(CCl)n(C3CCCC(C)C3C)c12. The summed E-state index contributed by atoms with van der Waals surface area (Å²) in [5.41, 5.74) is 3.68. The quantitative estimate of drug-likeness (QED) is 0.705. The number of halogens is 1. The highest BCUT2D eigenvalue weighted by Crippen LogP contribution is 2.40. The van der Waals surface area contributed by atoms with Crippen LogP contribution in [0.5, 0.6) is 0 Å². The second-order valence-electron chi connectivity index (χ2n) is 6.31. The van der Waals surface area contributed by atoms with Gasteiger partial charge in [-0.2, -0.15) is 0 Å². The number of benzene rings is 1. The minimum absolute atomic E-state index is 0.492. The Morgan fingerprint density at radius 3 is 2.85 bits per heavy atom. The molecule has 3 atom stereocenters. The van der Waals surface area contributed by atoms with Crippen LogP contribution in [0.1, 0.15) is 50.5 Å². The fraction of sp³-hybridized carbons (Fsp3) is 0.588. The van der Waals surface area contributed by atoms with Crippen LogP contribution >= 0.6 is 11.6 Å². The number of imidazole rings is 1. The van der Waals surface area contributed by atoms with Crippen molar-refractivity contribution in [2.24, 2.45) is 11.8 Å². The lowest BCUT2D eigenvalue weighted by atomic mass is 9.78. The van der Waals surface area contributed by atoms with Crippen LogP contribution in [0, 0.1) is 18.8 Å². The molecule has 0 bridgehead atoms. The minimum atomic E-state index is 0.492. The van der Waals surface area contributed by atoms with E-state index in [1.807, 2.05) is 0 Å². The van der Waals surface area contributed by atoms with Crippen LogP contribution < -0.4 is 0 Å². The molecule has 2 nitrogen and oxygen atoms in total. The lowest BCUT2D eigenvalue weighted by Gasteiger charge is -2.36. The van der Waals surface area contributed by atoms with Gasteiger partial charge in [-0.15, -0.1) is 11.6 Å². The number of fused-ring (bicyclic) bond motifs is 1. The zero-order valence-electron chi connectivity index (χ0n) is 12.6. The molecule has 1 aromatic heterocycles. The maximum absolute atomic E-state index is 6.18. The Morgan fingerprint density at radius 2 is 2.10 bits per heavy atom. The highest BCUT2D eigenvalue weighted by Gasteiger charge is 2.31. The highest BCUT2D eigenvalue weighted by atomic mass is 35.5. The fourth-order valence-electron chi connectivity index (χ4n) is 3.74. The van der Waals surface area contributed by atoms with E-state index >= 15 is 0 Å². The summed E-state index contributed by atoms with van der Waals surface area (Å²) in [5, 5.41) is 0. The van der Waals surface area contributed by atoms with Gasteiger partial charge in [0.2, 0.25) is 0 Å². The Hall–Kier alpha value is -1.02. The van der Waals surface area contributed by atoms with E-state index in [9.17, 15) is 0 Å². The van der Waals surface area contributed by atoms with Crippen molar-refractivity contribution >= 4 is 22.6 Å². The molecule has 1 aromatic carbocycles. The first-order valence-corrected chi connectivity index (χ1v) is 8.19. The maximum Gasteiger partial charge on any atom is 0.125 e. The van der Waals surface area contributed by atoms with Gasteiger partial charge >= 0.3 is 0 Å². The lowest BCUT2D eigenvalue weighted by Crippen LogP contribution is -2.28. The molecule has 0 N–H and O–H groups in total. The first-order chi connectivity index (χ1) is 9.63. The number of aromatic nitrogens is 2. The minimum Gasteiger partial charge on any atom is -0.323 e. The predicted octanol–water partition coefficient (Wildman–Crippen LogP) is 5.08. The van der Waals surface area contributed by atoms with E-state index in [1.54, 1.807) is 0 Å². The predicted molar refractivity (Wildman–Crippen MR) is 85.2 cm³/mol. The molecule has 1 aliphatic carbocycles. The summed E-state index contributed by atoms with van der Waals surface area (Å²) in [6.45, 7) is 6.94. The second kappa shape index (κ2) is 5.40. The van der Waals surface area contributed by atoms with E-state index in [4.69, 9.17) is 16.6 Å². The molecule has 3 unspecified atom stereocenters. The monoisotopic (exact) mass is 290 g/mol. The molecular formula is C17H23ClN2. The van der Waals surface area contributed by atoms with E-state index in [0.29, 0.717) is 17.8 Å². The zero-order chi connectivity index (χ0) is 14.3. The van der Waals surface area contributed by atoms with Gasteiger partial charge in [-0.1, -0.05) is 38.8 Å². The summed E-state index contributed by atoms with van der Waals surface area (Å²) in [4.78, 5) is 4.76. The normalized spacial score (nSPS) is 27.1. The van der Waals surface area contributed by atoms with Crippen LogP contribution in [0.15, 0.2) is 18.2 Å². The second-order valence-corrected chi connectivity index (χ2v) is 6.58.